The van der Waals surface area contributed by atoms with Crippen LogP contribution in [0.5, 0.6) is 0 Å². The number of benzene rings is 1. The molecule has 0 amide bonds. The molecule has 0 atom stereocenters. The number of nitrogens with two attached hydrogens (primary N) is 1. The summed E-state index contributed by atoms with van der Waals surface area (Å²) in [6.07, 6.45) is 9.04. The maximum Gasteiger partial charge on any atom is 0.127 e. The molecule has 0 heterocycles. The van der Waals surface area contributed by atoms with Crippen LogP contribution in [0.3, 0.4) is 0 Å². The van der Waals surface area contributed by atoms with Gasteiger partial charge in [0.2, 0.25) is 0 Å². The van der Waals surface area contributed by atoms with Crippen molar-refractivity contribution in [2.45, 2.75) is 63.8 Å². The third-order valence-corrected chi connectivity index (χ3v) is 5.12. The molecule has 1 fully saturated rings. The van der Waals surface area contributed by atoms with Gasteiger partial charge in [-0.15, -0.1) is 0 Å². The lowest BCUT2D eigenvalue weighted by molar-refractivity contribution is 0.220. The van der Waals surface area contributed by atoms with Crippen molar-refractivity contribution in [3.8, 4) is 0 Å². The first-order valence-electron chi connectivity index (χ1n) is 7.75. The third-order valence-electron chi connectivity index (χ3n) is 4.62. The number of unbranched alkanes of at least 4 members (excludes halogenated alkanes) is 1. The Morgan fingerprint density at radius 3 is 2.65 bits per heavy atom. The van der Waals surface area contributed by atoms with Crippen molar-refractivity contribution in [3.63, 3.8) is 0 Å². The van der Waals surface area contributed by atoms with Gasteiger partial charge in [0, 0.05) is 10.0 Å². The first-order chi connectivity index (χ1) is 9.52. The molecule has 0 bridgehead atoms. The van der Waals surface area contributed by atoms with Gasteiger partial charge >= 0.3 is 0 Å². The van der Waals surface area contributed by atoms with Gasteiger partial charge in [0.05, 0.1) is 0 Å². The first kappa shape index (κ1) is 16.0. The molecule has 112 valence electrons. The maximum atomic E-state index is 13.9. The van der Waals surface area contributed by atoms with Crippen molar-refractivity contribution < 1.29 is 4.39 Å². The SMILES string of the molecule is CCCCC1CCC(N)(Cc2ccc(Br)cc2F)CC1. The van der Waals surface area contributed by atoms with Gasteiger partial charge in [-0.25, -0.2) is 4.39 Å². The van der Waals surface area contributed by atoms with Crippen LogP contribution in [-0.4, -0.2) is 5.54 Å². The molecule has 0 aromatic heterocycles. The molecule has 2 N–H and O–H groups in total. The van der Waals surface area contributed by atoms with E-state index in [2.05, 4.69) is 22.9 Å². The molecule has 1 nitrogen and oxygen atoms in total. The average Bonchev–Trinajstić information content (AvgIpc) is 2.42. The van der Waals surface area contributed by atoms with Gasteiger partial charge < -0.3 is 5.73 Å². The lowest BCUT2D eigenvalue weighted by Crippen LogP contribution is -2.45. The molecule has 0 saturated heterocycles. The second-order valence-electron chi connectivity index (χ2n) is 6.36. The van der Waals surface area contributed by atoms with Crippen LogP contribution in [-0.2, 0) is 6.42 Å². The van der Waals surface area contributed by atoms with E-state index in [1.54, 1.807) is 0 Å². The van der Waals surface area contributed by atoms with Gasteiger partial charge in [0.15, 0.2) is 0 Å². The Balaban J connectivity index is 1.93. The van der Waals surface area contributed by atoms with E-state index in [0.717, 1.165) is 28.8 Å². The van der Waals surface area contributed by atoms with E-state index in [0.29, 0.717) is 6.42 Å². The van der Waals surface area contributed by atoms with Crippen LogP contribution in [0, 0.1) is 11.7 Å². The van der Waals surface area contributed by atoms with E-state index in [1.165, 1.54) is 38.2 Å². The zero-order valence-electron chi connectivity index (χ0n) is 12.3. The predicted octanol–water partition coefficient (Wildman–Crippen LogP) is 5.21. The van der Waals surface area contributed by atoms with Crippen LogP contribution in [0.1, 0.15) is 57.4 Å². The van der Waals surface area contributed by atoms with E-state index in [4.69, 9.17) is 5.73 Å². The zero-order chi connectivity index (χ0) is 14.6. The van der Waals surface area contributed by atoms with Crippen molar-refractivity contribution in [1.82, 2.24) is 0 Å². The Morgan fingerprint density at radius 1 is 1.35 bits per heavy atom. The molecule has 1 aliphatic carbocycles. The Labute approximate surface area is 130 Å². The molecule has 1 aliphatic rings. The molecule has 1 saturated carbocycles. The average molecular weight is 342 g/mol. The standard InChI is InChI=1S/C17H25BrFN/c1-2-3-4-13-7-9-17(20,10-8-13)12-14-5-6-15(18)11-16(14)19/h5-6,11,13H,2-4,7-10,12,20H2,1H3. The van der Waals surface area contributed by atoms with E-state index in [1.807, 2.05) is 12.1 Å². The van der Waals surface area contributed by atoms with Gasteiger partial charge in [0.25, 0.3) is 0 Å². The molecule has 2 rings (SSSR count). The lowest BCUT2D eigenvalue weighted by Gasteiger charge is -2.37. The van der Waals surface area contributed by atoms with E-state index < -0.39 is 0 Å². The zero-order valence-corrected chi connectivity index (χ0v) is 13.9. The maximum absolute atomic E-state index is 13.9. The smallest absolute Gasteiger partial charge is 0.127 e. The van der Waals surface area contributed by atoms with Gasteiger partial charge in [0.1, 0.15) is 5.82 Å². The fraction of sp³-hybridized carbons (Fsp3) is 0.647. The molecular formula is C17H25BrFN. The molecule has 0 spiro atoms. The fourth-order valence-electron chi connectivity index (χ4n) is 3.26. The highest BCUT2D eigenvalue weighted by Crippen LogP contribution is 2.35. The van der Waals surface area contributed by atoms with Crippen LogP contribution in [0.2, 0.25) is 0 Å². The summed E-state index contributed by atoms with van der Waals surface area (Å²) < 4.78 is 14.7. The predicted molar refractivity (Wildman–Crippen MR) is 86.2 cm³/mol. The van der Waals surface area contributed by atoms with Crippen molar-refractivity contribution >= 4 is 15.9 Å². The Hall–Kier alpha value is -0.410. The summed E-state index contributed by atoms with van der Waals surface area (Å²) in [4.78, 5) is 0. The molecule has 1 aromatic rings. The van der Waals surface area contributed by atoms with E-state index in [9.17, 15) is 4.39 Å². The number of halogens is 2. The first-order valence-corrected chi connectivity index (χ1v) is 8.54. The minimum absolute atomic E-state index is 0.141. The van der Waals surface area contributed by atoms with Gasteiger partial charge in [-0.3, -0.25) is 0 Å². The second-order valence-corrected chi connectivity index (χ2v) is 7.28. The summed E-state index contributed by atoms with van der Waals surface area (Å²) in [5.74, 6) is 0.693. The lowest BCUT2D eigenvalue weighted by atomic mass is 9.73. The Morgan fingerprint density at radius 2 is 2.05 bits per heavy atom. The van der Waals surface area contributed by atoms with Gasteiger partial charge in [-0.05, 0) is 55.7 Å². The largest absolute Gasteiger partial charge is 0.325 e. The number of rotatable bonds is 5. The summed E-state index contributed by atoms with van der Waals surface area (Å²) in [6, 6.07) is 5.29. The van der Waals surface area contributed by atoms with Crippen molar-refractivity contribution in [3.05, 3.63) is 34.1 Å². The topological polar surface area (TPSA) is 26.0 Å². The normalized spacial score (nSPS) is 26.7. The number of hydrogen-bond acceptors (Lipinski definition) is 1. The van der Waals surface area contributed by atoms with Crippen LogP contribution >= 0.6 is 15.9 Å². The van der Waals surface area contributed by atoms with Crippen molar-refractivity contribution in [1.29, 1.82) is 0 Å². The highest BCUT2D eigenvalue weighted by Gasteiger charge is 2.32. The monoisotopic (exact) mass is 341 g/mol. The molecule has 0 aliphatic heterocycles. The minimum Gasteiger partial charge on any atom is -0.325 e. The molecule has 20 heavy (non-hydrogen) atoms. The fourth-order valence-corrected chi connectivity index (χ4v) is 3.59. The summed E-state index contributed by atoms with van der Waals surface area (Å²) in [7, 11) is 0. The molecule has 0 radical (unpaired) electrons. The van der Waals surface area contributed by atoms with Crippen molar-refractivity contribution in [2.24, 2.45) is 11.7 Å². The minimum atomic E-state index is -0.211. The molecule has 3 heteroatoms. The van der Waals surface area contributed by atoms with E-state index >= 15 is 0 Å². The van der Waals surface area contributed by atoms with Gasteiger partial charge in [-0.1, -0.05) is 48.2 Å². The highest BCUT2D eigenvalue weighted by molar-refractivity contribution is 9.10. The van der Waals surface area contributed by atoms with E-state index in [-0.39, 0.29) is 11.4 Å². The van der Waals surface area contributed by atoms with Gasteiger partial charge in [-0.2, -0.15) is 0 Å². The van der Waals surface area contributed by atoms with Crippen LogP contribution < -0.4 is 5.73 Å². The highest BCUT2D eigenvalue weighted by atomic mass is 79.9. The quantitative estimate of drug-likeness (QED) is 0.781. The molecule has 1 aromatic carbocycles. The Kier molecular flexibility index (Phi) is 5.62. The third kappa shape index (κ3) is 4.29. The van der Waals surface area contributed by atoms with Crippen LogP contribution in [0.25, 0.3) is 0 Å². The van der Waals surface area contributed by atoms with Crippen molar-refractivity contribution in [2.75, 3.05) is 0 Å². The number of hydrogen-bond donors (Lipinski definition) is 1. The Bertz CT molecular complexity index is 439. The molecule has 0 unspecified atom stereocenters. The summed E-state index contributed by atoms with van der Waals surface area (Å²) in [5.41, 5.74) is 7.05. The van der Waals surface area contributed by atoms with Crippen LogP contribution in [0.4, 0.5) is 4.39 Å². The summed E-state index contributed by atoms with van der Waals surface area (Å²) >= 11 is 3.30. The van der Waals surface area contributed by atoms with Crippen LogP contribution in [0.15, 0.2) is 22.7 Å². The molecular weight excluding hydrogens is 317 g/mol. The summed E-state index contributed by atoms with van der Waals surface area (Å²) in [5, 5.41) is 0. The summed E-state index contributed by atoms with van der Waals surface area (Å²) in [6.45, 7) is 2.24. The second kappa shape index (κ2) is 7.04.